The van der Waals surface area contributed by atoms with Gasteiger partial charge in [-0.25, -0.2) is 22.7 Å². The van der Waals surface area contributed by atoms with Gasteiger partial charge in [0.15, 0.2) is 0 Å². The van der Waals surface area contributed by atoms with E-state index in [-0.39, 0.29) is 30.4 Å². The average molecular weight is 499 g/mol. The van der Waals surface area contributed by atoms with Crippen LogP contribution in [0.4, 0.5) is 18.9 Å². The van der Waals surface area contributed by atoms with E-state index in [4.69, 9.17) is 10.5 Å². The monoisotopic (exact) mass is 499 g/mol. The van der Waals surface area contributed by atoms with E-state index in [1.54, 1.807) is 13.0 Å². The molecular weight excluding hydrogens is 479 g/mol. The Bertz CT molecular complexity index is 1270. The number of nitrogens with zero attached hydrogens (tertiary/aromatic N) is 3. The first-order valence-electron chi connectivity index (χ1n) is 9.95. The summed E-state index contributed by atoms with van der Waals surface area (Å²) in [5.41, 5.74) is 5.14. The standard InChI is InChI=1S/C20H20F3N5O5S/c1-19-13-9-11(26-17(29)14-5-4-12(10-25-14)33-20(21,22)23)3-6-15(13)32-8-7-16(19)34(30,31)28(2)18(24)27-19/h3-6,9-10,16H,7-8H2,1-2H3,(H2,24,27)(H,26,29)/t16-,19+/m0/s1. The van der Waals surface area contributed by atoms with Crippen LogP contribution >= 0.6 is 0 Å². The van der Waals surface area contributed by atoms with Gasteiger partial charge in [-0.15, -0.1) is 13.2 Å². The Kier molecular flexibility index (Phi) is 5.58. The van der Waals surface area contributed by atoms with Crippen LogP contribution in [0, 0.1) is 0 Å². The molecule has 0 spiro atoms. The van der Waals surface area contributed by atoms with Crippen LogP contribution in [-0.4, -0.2) is 54.8 Å². The Labute approximate surface area is 192 Å². The molecule has 3 heterocycles. The van der Waals surface area contributed by atoms with Crippen molar-refractivity contribution in [1.29, 1.82) is 0 Å². The first-order valence-corrected chi connectivity index (χ1v) is 11.4. The summed E-state index contributed by atoms with van der Waals surface area (Å²) in [6, 6.07) is 6.69. The van der Waals surface area contributed by atoms with Crippen LogP contribution in [-0.2, 0) is 15.6 Å². The fourth-order valence-electron chi connectivity index (χ4n) is 3.96. The summed E-state index contributed by atoms with van der Waals surface area (Å²) >= 11 is 0. The van der Waals surface area contributed by atoms with E-state index in [0.29, 0.717) is 11.3 Å². The highest BCUT2D eigenvalue weighted by atomic mass is 32.2. The van der Waals surface area contributed by atoms with Crippen molar-refractivity contribution in [2.45, 2.75) is 30.5 Å². The molecule has 1 aromatic carbocycles. The molecule has 0 radical (unpaired) electrons. The summed E-state index contributed by atoms with van der Waals surface area (Å²) in [4.78, 5) is 20.7. The van der Waals surface area contributed by atoms with Crippen molar-refractivity contribution >= 4 is 27.6 Å². The SMILES string of the molecule is CN1C(N)=N[C@]2(C)c3cc(NC(=O)c4ccc(OC(F)(F)F)cn4)ccc3OCC[C@@H]2S1(=O)=O. The first-order chi connectivity index (χ1) is 15.8. The molecule has 182 valence electrons. The van der Waals surface area contributed by atoms with Crippen molar-refractivity contribution in [3.05, 3.63) is 47.8 Å². The molecule has 10 nitrogen and oxygen atoms in total. The van der Waals surface area contributed by atoms with Gasteiger partial charge >= 0.3 is 6.36 Å². The summed E-state index contributed by atoms with van der Waals surface area (Å²) in [6.45, 7) is 1.77. The van der Waals surface area contributed by atoms with Gasteiger partial charge < -0.3 is 20.5 Å². The Morgan fingerprint density at radius 1 is 1.32 bits per heavy atom. The van der Waals surface area contributed by atoms with Gasteiger partial charge in [-0.3, -0.25) is 4.79 Å². The molecule has 2 atom stereocenters. The van der Waals surface area contributed by atoms with Gasteiger partial charge in [-0.05, 0) is 37.3 Å². The van der Waals surface area contributed by atoms with Gasteiger partial charge in [0.05, 0.1) is 12.8 Å². The molecule has 2 aliphatic heterocycles. The normalized spacial score (nSPS) is 23.5. The lowest BCUT2D eigenvalue weighted by atomic mass is 9.87. The van der Waals surface area contributed by atoms with Gasteiger partial charge in [0.1, 0.15) is 28.0 Å². The van der Waals surface area contributed by atoms with Gasteiger partial charge in [0.25, 0.3) is 5.91 Å². The van der Waals surface area contributed by atoms with Crippen LogP contribution in [0.25, 0.3) is 0 Å². The first kappa shape index (κ1) is 23.6. The highest BCUT2D eigenvalue weighted by molar-refractivity contribution is 7.90. The third-order valence-electron chi connectivity index (χ3n) is 5.66. The summed E-state index contributed by atoms with van der Waals surface area (Å²) in [7, 11) is -2.50. The molecule has 0 saturated heterocycles. The Morgan fingerprint density at radius 3 is 2.71 bits per heavy atom. The van der Waals surface area contributed by atoms with E-state index in [2.05, 4.69) is 20.0 Å². The van der Waals surface area contributed by atoms with E-state index in [0.717, 1.165) is 22.6 Å². The predicted molar refractivity (Wildman–Crippen MR) is 115 cm³/mol. The number of fused-ring (bicyclic) bond motifs is 3. The lowest BCUT2D eigenvalue weighted by Crippen LogP contribution is -2.56. The van der Waals surface area contributed by atoms with E-state index < -0.39 is 38.8 Å². The number of hydrogen-bond acceptors (Lipinski definition) is 8. The zero-order valence-corrected chi connectivity index (χ0v) is 18.8. The molecule has 2 aliphatic rings. The molecule has 0 aliphatic carbocycles. The van der Waals surface area contributed by atoms with E-state index in [1.165, 1.54) is 19.2 Å². The molecule has 3 N–H and O–H groups in total. The zero-order chi connectivity index (χ0) is 24.9. The van der Waals surface area contributed by atoms with Crippen LogP contribution in [0.1, 0.15) is 29.4 Å². The van der Waals surface area contributed by atoms with E-state index >= 15 is 0 Å². The average Bonchev–Trinajstić information content (AvgIpc) is 2.89. The molecule has 0 saturated carbocycles. The number of aromatic nitrogens is 1. The second-order valence-corrected chi connectivity index (χ2v) is 9.99. The number of amides is 1. The smallest absolute Gasteiger partial charge is 0.493 e. The maximum Gasteiger partial charge on any atom is 0.573 e. The molecule has 1 aromatic heterocycles. The highest BCUT2D eigenvalue weighted by Gasteiger charge is 2.52. The number of alkyl halides is 3. The fraction of sp³-hybridized carbons (Fsp3) is 0.350. The summed E-state index contributed by atoms with van der Waals surface area (Å²) in [5, 5.41) is 1.64. The maximum atomic E-state index is 13.0. The molecule has 1 amide bonds. The second-order valence-electron chi connectivity index (χ2n) is 7.85. The number of anilines is 1. The van der Waals surface area contributed by atoms with Crippen molar-refractivity contribution in [3.8, 4) is 11.5 Å². The maximum absolute atomic E-state index is 13.0. The highest BCUT2D eigenvalue weighted by Crippen LogP contribution is 2.46. The van der Waals surface area contributed by atoms with Crippen LogP contribution < -0.4 is 20.5 Å². The zero-order valence-electron chi connectivity index (χ0n) is 18.0. The number of carbonyl (C=O) groups is 1. The summed E-state index contributed by atoms with van der Waals surface area (Å²) < 4.78 is 73.4. The lowest BCUT2D eigenvalue weighted by Gasteiger charge is -2.40. The minimum Gasteiger partial charge on any atom is -0.493 e. The number of nitrogens with one attached hydrogen (secondary N) is 1. The Balaban J connectivity index is 1.64. The number of pyridine rings is 1. The molecule has 0 unspecified atom stereocenters. The molecule has 34 heavy (non-hydrogen) atoms. The topological polar surface area (TPSA) is 136 Å². The number of hydrogen-bond donors (Lipinski definition) is 2. The number of benzene rings is 1. The van der Waals surface area contributed by atoms with Gasteiger partial charge in [-0.2, -0.15) is 0 Å². The minimum absolute atomic E-state index is 0.137. The van der Waals surface area contributed by atoms with E-state index in [1.807, 2.05) is 0 Å². The van der Waals surface area contributed by atoms with Crippen molar-refractivity contribution in [1.82, 2.24) is 9.29 Å². The molecule has 0 fully saturated rings. The Hall–Kier alpha value is -3.55. The third kappa shape index (κ3) is 4.20. The van der Waals surface area contributed by atoms with Crippen molar-refractivity contribution in [2.75, 3.05) is 19.0 Å². The number of halogens is 3. The predicted octanol–water partition coefficient (Wildman–Crippen LogP) is 2.19. The number of guanidine groups is 1. The number of carbonyl (C=O) groups excluding carboxylic acids is 1. The quantitative estimate of drug-likeness (QED) is 0.661. The molecule has 2 aromatic rings. The largest absolute Gasteiger partial charge is 0.573 e. The number of sulfonamides is 1. The molecule has 14 heteroatoms. The summed E-state index contributed by atoms with van der Waals surface area (Å²) in [5.74, 6) is -1.05. The number of rotatable bonds is 3. The Morgan fingerprint density at radius 2 is 2.06 bits per heavy atom. The van der Waals surface area contributed by atoms with Crippen LogP contribution in [0.3, 0.4) is 0 Å². The molecule has 0 bridgehead atoms. The van der Waals surface area contributed by atoms with Crippen molar-refractivity contribution < 1.29 is 35.9 Å². The summed E-state index contributed by atoms with van der Waals surface area (Å²) in [6.07, 6.45) is -3.93. The number of ether oxygens (including phenoxy) is 2. The number of nitrogens with two attached hydrogens (primary N) is 1. The molecule has 4 rings (SSSR count). The third-order valence-corrected chi connectivity index (χ3v) is 8.02. The van der Waals surface area contributed by atoms with Crippen molar-refractivity contribution in [2.24, 2.45) is 10.7 Å². The minimum atomic E-state index is -4.88. The molecular formula is C20H20F3N5O5S. The number of aliphatic imine (C=N–C) groups is 1. The van der Waals surface area contributed by atoms with Gasteiger partial charge in [0.2, 0.25) is 16.0 Å². The van der Waals surface area contributed by atoms with Crippen LogP contribution in [0.15, 0.2) is 41.5 Å². The van der Waals surface area contributed by atoms with Crippen molar-refractivity contribution in [3.63, 3.8) is 0 Å². The van der Waals surface area contributed by atoms with E-state index in [9.17, 15) is 26.4 Å². The van der Waals surface area contributed by atoms with Crippen LogP contribution in [0.2, 0.25) is 0 Å². The van der Waals surface area contributed by atoms with Gasteiger partial charge in [0, 0.05) is 24.7 Å². The van der Waals surface area contributed by atoms with Crippen LogP contribution in [0.5, 0.6) is 11.5 Å². The second kappa shape index (κ2) is 8.04. The van der Waals surface area contributed by atoms with Gasteiger partial charge in [-0.1, -0.05) is 0 Å². The lowest BCUT2D eigenvalue weighted by molar-refractivity contribution is -0.274. The fourth-order valence-corrected chi connectivity index (χ4v) is 5.80.